The van der Waals surface area contributed by atoms with Crippen molar-refractivity contribution >= 4 is 6.03 Å². The summed E-state index contributed by atoms with van der Waals surface area (Å²) in [5.74, 6) is 1.65. The number of nitrogens with one attached hydrogen (secondary N) is 1. The fourth-order valence-electron chi connectivity index (χ4n) is 2.97. The monoisotopic (exact) mass is 314 g/mol. The first-order valence-electron chi connectivity index (χ1n) is 8.17. The number of nitrogens with zero attached hydrogens (tertiary/aromatic N) is 3. The Hall–Kier alpha value is -2.37. The van der Waals surface area contributed by atoms with Crippen molar-refractivity contribution in [2.75, 3.05) is 19.6 Å². The van der Waals surface area contributed by atoms with Crippen LogP contribution in [0.2, 0.25) is 0 Å². The lowest BCUT2D eigenvalue weighted by atomic mass is 9.95. The zero-order chi connectivity index (χ0) is 16.1. The summed E-state index contributed by atoms with van der Waals surface area (Å²) < 4.78 is 5.35. The fourth-order valence-corrected chi connectivity index (χ4v) is 2.97. The van der Waals surface area contributed by atoms with Gasteiger partial charge < -0.3 is 14.7 Å². The summed E-state index contributed by atoms with van der Waals surface area (Å²) in [6.45, 7) is 4.17. The molecular formula is C17H22N4O2. The molecule has 0 saturated carbocycles. The number of aromatic nitrogens is 2. The molecule has 6 heteroatoms. The second kappa shape index (κ2) is 7.26. The van der Waals surface area contributed by atoms with Crippen LogP contribution in [0.3, 0.4) is 0 Å². The highest BCUT2D eigenvalue weighted by Crippen LogP contribution is 2.22. The predicted molar refractivity (Wildman–Crippen MR) is 86.8 cm³/mol. The Labute approximate surface area is 135 Å². The first kappa shape index (κ1) is 15.5. The molecular weight excluding hydrogens is 292 g/mol. The average molecular weight is 314 g/mol. The molecule has 0 aliphatic carbocycles. The summed E-state index contributed by atoms with van der Waals surface area (Å²) in [6.07, 6.45) is 2.85. The Balaban J connectivity index is 1.61. The Morgan fingerprint density at radius 3 is 3.00 bits per heavy atom. The van der Waals surface area contributed by atoms with Gasteiger partial charge in [0, 0.05) is 31.6 Å². The number of rotatable bonds is 4. The van der Waals surface area contributed by atoms with Crippen molar-refractivity contribution in [2.45, 2.75) is 26.2 Å². The first-order valence-corrected chi connectivity index (χ1v) is 8.17. The van der Waals surface area contributed by atoms with E-state index >= 15 is 0 Å². The predicted octanol–water partition coefficient (Wildman–Crippen LogP) is 2.72. The van der Waals surface area contributed by atoms with Gasteiger partial charge in [0.05, 0.1) is 0 Å². The zero-order valence-electron chi connectivity index (χ0n) is 13.4. The molecule has 2 heterocycles. The third-order valence-electron chi connectivity index (χ3n) is 4.09. The highest BCUT2D eigenvalue weighted by molar-refractivity contribution is 5.74. The number of hydrogen-bond acceptors (Lipinski definition) is 4. The number of likely N-dealkylation sites (tertiary alicyclic amines) is 1. The molecule has 0 spiro atoms. The summed E-state index contributed by atoms with van der Waals surface area (Å²) in [7, 11) is 0. The largest absolute Gasteiger partial charge is 0.338 e. The number of urea groups is 1. The normalized spacial score (nSPS) is 18.0. The van der Waals surface area contributed by atoms with E-state index in [0.717, 1.165) is 37.9 Å². The second-order valence-corrected chi connectivity index (χ2v) is 5.88. The van der Waals surface area contributed by atoms with E-state index in [-0.39, 0.29) is 6.03 Å². The molecule has 0 bridgehead atoms. The Morgan fingerprint density at radius 1 is 1.39 bits per heavy atom. The van der Waals surface area contributed by atoms with Gasteiger partial charge in [0.15, 0.2) is 5.82 Å². The van der Waals surface area contributed by atoms with Crippen molar-refractivity contribution in [3.8, 4) is 11.5 Å². The molecule has 2 amide bonds. The minimum Gasteiger partial charge on any atom is -0.338 e. The molecule has 23 heavy (non-hydrogen) atoms. The molecule has 1 aliphatic heterocycles. The highest BCUT2D eigenvalue weighted by atomic mass is 16.5. The Kier molecular flexibility index (Phi) is 4.90. The number of hydrogen-bond donors (Lipinski definition) is 1. The molecule has 6 nitrogen and oxygen atoms in total. The third-order valence-corrected chi connectivity index (χ3v) is 4.09. The van der Waals surface area contributed by atoms with E-state index in [1.165, 1.54) is 0 Å². The van der Waals surface area contributed by atoms with E-state index in [0.29, 0.717) is 24.2 Å². The van der Waals surface area contributed by atoms with Crippen LogP contribution in [0.15, 0.2) is 34.9 Å². The minimum atomic E-state index is 0.0234. The number of benzene rings is 1. The molecule has 1 fully saturated rings. The van der Waals surface area contributed by atoms with Crippen LogP contribution in [0.25, 0.3) is 11.5 Å². The molecule has 1 aromatic carbocycles. The summed E-state index contributed by atoms with van der Waals surface area (Å²) >= 11 is 0. The molecule has 2 aromatic rings. The molecule has 1 atom stereocenters. The minimum absolute atomic E-state index is 0.0234. The van der Waals surface area contributed by atoms with E-state index in [1.807, 2.05) is 42.2 Å². The van der Waals surface area contributed by atoms with Crippen molar-refractivity contribution < 1.29 is 9.32 Å². The highest BCUT2D eigenvalue weighted by Gasteiger charge is 2.25. The van der Waals surface area contributed by atoms with E-state index in [4.69, 9.17) is 4.52 Å². The maximum atomic E-state index is 12.0. The van der Waals surface area contributed by atoms with Crippen LogP contribution >= 0.6 is 0 Å². The van der Waals surface area contributed by atoms with Gasteiger partial charge in [0.2, 0.25) is 0 Å². The molecule has 1 N–H and O–H groups in total. The number of carbonyl (C=O) groups is 1. The van der Waals surface area contributed by atoms with Crippen LogP contribution in [-0.2, 0) is 6.42 Å². The van der Waals surface area contributed by atoms with Crippen LogP contribution in [0, 0.1) is 5.92 Å². The number of amides is 2. The maximum Gasteiger partial charge on any atom is 0.317 e. The molecule has 3 rings (SSSR count). The van der Waals surface area contributed by atoms with Gasteiger partial charge in [-0.15, -0.1) is 0 Å². The van der Waals surface area contributed by atoms with Gasteiger partial charge in [-0.2, -0.15) is 4.98 Å². The van der Waals surface area contributed by atoms with Gasteiger partial charge in [0.25, 0.3) is 5.89 Å². The average Bonchev–Trinajstić information content (AvgIpc) is 3.05. The van der Waals surface area contributed by atoms with Gasteiger partial charge in [-0.1, -0.05) is 23.4 Å². The molecule has 1 aromatic heterocycles. The molecule has 122 valence electrons. The van der Waals surface area contributed by atoms with E-state index in [1.54, 1.807) is 0 Å². The van der Waals surface area contributed by atoms with Gasteiger partial charge in [-0.05, 0) is 37.8 Å². The second-order valence-electron chi connectivity index (χ2n) is 5.88. The lowest BCUT2D eigenvalue weighted by Gasteiger charge is -2.32. The topological polar surface area (TPSA) is 71.3 Å². The van der Waals surface area contributed by atoms with E-state index in [9.17, 15) is 4.79 Å². The van der Waals surface area contributed by atoms with Gasteiger partial charge in [-0.25, -0.2) is 4.79 Å². The fraction of sp³-hybridized carbons (Fsp3) is 0.471. The summed E-state index contributed by atoms with van der Waals surface area (Å²) in [5, 5.41) is 6.95. The summed E-state index contributed by atoms with van der Waals surface area (Å²) in [6, 6.07) is 9.78. The molecule has 1 saturated heterocycles. The van der Waals surface area contributed by atoms with Crippen molar-refractivity contribution in [1.29, 1.82) is 0 Å². The zero-order valence-corrected chi connectivity index (χ0v) is 13.4. The molecule has 1 aliphatic rings. The standard InChI is InChI=1S/C17H22N4O2/c1-2-18-17(22)21-10-6-7-13(12-21)11-15-19-16(23-20-15)14-8-4-3-5-9-14/h3-5,8-9,13H,2,6-7,10-12H2,1H3,(H,18,22). The lowest BCUT2D eigenvalue weighted by Crippen LogP contribution is -2.45. The van der Waals surface area contributed by atoms with E-state index in [2.05, 4.69) is 15.5 Å². The van der Waals surface area contributed by atoms with Gasteiger partial charge in [-0.3, -0.25) is 0 Å². The lowest BCUT2D eigenvalue weighted by molar-refractivity contribution is 0.165. The Morgan fingerprint density at radius 2 is 2.22 bits per heavy atom. The van der Waals surface area contributed by atoms with Crippen LogP contribution in [0.4, 0.5) is 4.79 Å². The van der Waals surface area contributed by atoms with Crippen molar-refractivity contribution in [2.24, 2.45) is 5.92 Å². The summed E-state index contributed by atoms with van der Waals surface area (Å²) in [4.78, 5) is 18.3. The van der Waals surface area contributed by atoms with Crippen molar-refractivity contribution in [3.63, 3.8) is 0 Å². The number of piperidine rings is 1. The van der Waals surface area contributed by atoms with Crippen LogP contribution < -0.4 is 5.32 Å². The third kappa shape index (κ3) is 3.88. The molecule has 0 radical (unpaired) electrons. The first-order chi connectivity index (χ1) is 11.3. The molecule has 1 unspecified atom stereocenters. The smallest absolute Gasteiger partial charge is 0.317 e. The maximum absolute atomic E-state index is 12.0. The van der Waals surface area contributed by atoms with Gasteiger partial charge >= 0.3 is 6.03 Å². The Bertz CT molecular complexity index is 641. The van der Waals surface area contributed by atoms with Crippen LogP contribution in [-0.4, -0.2) is 40.7 Å². The SMILES string of the molecule is CCNC(=O)N1CCCC(Cc2noc(-c3ccccc3)n2)C1. The van der Waals surface area contributed by atoms with Gasteiger partial charge in [0.1, 0.15) is 0 Å². The summed E-state index contributed by atoms with van der Waals surface area (Å²) in [5.41, 5.74) is 0.929. The quantitative estimate of drug-likeness (QED) is 0.942. The van der Waals surface area contributed by atoms with Crippen molar-refractivity contribution in [1.82, 2.24) is 20.4 Å². The van der Waals surface area contributed by atoms with E-state index < -0.39 is 0 Å². The number of carbonyl (C=O) groups excluding carboxylic acids is 1. The van der Waals surface area contributed by atoms with Crippen molar-refractivity contribution in [3.05, 3.63) is 36.2 Å². The van der Waals surface area contributed by atoms with Crippen LogP contribution in [0.5, 0.6) is 0 Å². The van der Waals surface area contributed by atoms with Crippen LogP contribution in [0.1, 0.15) is 25.6 Å².